The Morgan fingerprint density at radius 1 is 1.33 bits per heavy atom. The Bertz CT molecular complexity index is 694. The van der Waals surface area contributed by atoms with Gasteiger partial charge in [0.05, 0.1) is 24.3 Å². The highest BCUT2D eigenvalue weighted by atomic mass is 79.9. The molecule has 0 aliphatic carbocycles. The quantitative estimate of drug-likeness (QED) is 0.515. The van der Waals surface area contributed by atoms with Crippen LogP contribution in [0.5, 0.6) is 5.75 Å². The molecule has 0 amide bonds. The highest BCUT2D eigenvalue weighted by molar-refractivity contribution is 9.10. The van der Waals surface area contributed by atoms with E-state index in [0.29, 0.717) is 11.6 Å². The van der Waals surface area contributed by atoms with Gasteiger partial charge in [0.2, 0.25) is 5.95 Å². The lowest BCUT2D eigenvalue weighted by Gasteiger charge is -2.27. The second kappa shape index (κ2) is 8.42. The molecule has 24 heavy (non-hydrogen) atoms. The van der Waals surface area contributed by atoms with Crippen LogP contribution in [-0.2, 0) is 11.8 Å². The van der Waals surface area contributed by atoms with Crippen molar-refractivity contribution >= 4 is 45.2 Å². The summed E-state index contributed by atoms with van der Waals surface area (Å²) in [6, 6.07) is 5.49. The summed E-state index contributed by atoms with van der Waals surface area (Å²) in [5, 5.41) is 10.1. The molecule has 0 radical (unpaired) electrons. The molecule has 6 nitrogen and oxygen atoms in total. The maximum Gasteiger partial charge on any atom is 0.227 e. The van der Waals surface area contributed by atoms with Crippen molar-refractivity contribution in [3.8, 4) is 5.75 Å². The summed E-state index contributed by atoms with van der Waals surface area (Å²) in [5.74, 6) is 2.46. The Hall–Kier alpha value is -0.960. The summed E-state index contributed by atoms with van der Waals surface area (Å²) in [6.45, 7) is 3.75. The molecule has 130 valence electrons. The van der Waals surface area contributed by atoms with Crippen LogP contribution in [-0.4, -0.2) is 53.4 Å². The molecule has 1 fully saturated rings. The van der Waals surface area contributed by atoms with Crippen molar-refractivity contribution in [1.29, 1.82) is 0 Å². The SMILES string of the molecule is Cn1c(SCCOc2ccc(Cl)cc2Br)nnc1N1CCOCC1. The molecule has 2 aromatic rings. The van der Waals surface area contributed by atoms with Gasteiger partial charge in [0.25, 0.3) is 0 Å². The molecule has 9 heteroatoms. The van der Waals surface area contributed by atoms with Gasteiger partial charge in [-0.3, -0.25) is 4.57 Å². The molecule has 0 N–H and O–H groups in total. The Morgan fingerprint density at radius 3 is 2.88 bits per heavy atom. The summed E-state index contributed by atoms with van der Waals surface area (Å²) in [6.07, 6.45) is 0. The van der Waals surface area contributed by atoms with Gasteiger partial charge in [0, 0.05) is 30.9 Å². The monoisotopic (exact) mass is 432 g/mol. The van der Waals surface area contributed by atoms with Crippen LogP contribution in [0.25, 0.3) is 0 Å². The van der Waals surface area contributed by atoms with Crippen molar-refractivity contribution in [2.24, 2.45) is 7.05 Å². The Morgan fingerprint density at radius 2 is 2.12 bits per heavy atom. The van der Waals surface area contributed by atoms with Crippen LogP contribution in [0, 0.1) is 0 Å². The third-order valence-electron chi connectivity index (χ3n) is 3.57. The van der Waals surface area contributed by atoms with Crippen LogP contribution in [0.15, 0.2) is 27.8 Å². The highest BCUT2D eigenvalue weighted by Crippen LogP contribution is 2.28. The van der Waals surface area contributed by atoms with E-state index in [1.807, 2.05) is 29.8 Å². The van der Waals surface area contributed by atoms with Gasteiger partial charge in [-0.1, -0.05) is 23.4 Å². The van der Waals surface area contributed by atoms with E-state index >= 15 is 0 Å². The van der Waals surface area contributed by atoms with Crippen molar-refractivity contribution in [1.82, 2.24) is 14.8 Å². The lowest BCUT2D eigenvalue weighted by Crippen LogP contribution is -2.37. The van der Waals surface area contributed by atoms with Crippen LogP contribution < -0.4 is 9.64 Å². The fourth-order valence-electron chi connectivity index (χ4n) is 2.35. The maximum absolute atomic E-state index is 5.92. The molecular formula is C15H18BrClN4O2S. The van der Waals surface area contributed by atoms with Gasteiger partial charge in [0.15, 0.2) is 5.16 Å². The molecule has 0 unspecified atom stereocenters. The topological polar surface area (TPSA) is 52.4 Å². The normalized spacial score (nSPS) is 14.9. The van der Waals surface area contributed by atoms with Crippen molar-refractivity contribution in [3.05, 3.63) is 27.7 Å². The molecule has 1 aliphatic rings. The summed E-state index contributed by atoms with van der Waals surface area (Å²) >= 11 is 11.0. The minimum absolute atomic E-state index is 0.574. The minimum atomic E-state index is 0.574. The summed E-state index contributed by atoms with van der Waals surface area (Å²) in [4.78, 5) is 2.20. The van der Waals surface area contributed by atoms with Gasteiger partial charge in [-0.15, -0.1) is 10.2 Å². The van der Waals surface area contributed by atoms with E-state index in [0.717, 1.165) is 53.4 Å². The van der Waals surface area contributed by atoms with E-state index < -0.39 is 0 Å². The zero-order chi connectivity index (χ0) is 16.9. The third-order valence-corrected chi connectivity index (χ3v) is 5.41. The van der Waals surface area contributed by atoms with Gasteiger partial charge < -0.3 is 14.4 Å². The van der Waals surface area contributed by atoms with Gasteiger partial charge in [-0.2, -0.15) is 0 Å². The summed E-state index contributed by atoms with van der Waals surface area (Å²) in [7, 11) is 1.99. The maximum atomic E-state index is 5.92. The molecule has 1 aromatic carbocycles. The zero-order valence-corrected chi connectivity index (χ0v) is 16.4. The number of thioether (sulfide) groups is 1. The smallest absolute Gasteiger partial charge is 0.227 e. The first-order valence-corrected chi connectivity index (χ1v) is 9.73. The van der Waals surface area contributed by atoms with E-state index in [4.69, 9.17) is 21.1 Å². The lowest BCUT2D eigenvalue weighted by atomic mass is 10.3. The molecule has 3 rings (SSSR count). The van der Waals surface area contributed by atoms with Crippen LogP contribution in [0.3, 0.4) is 0 Å². The first kappa shape index (κ1) is 17.8. The van der Waals surface area contributed by atoms with Crippen LogP contribution in [0.2, 0.25) is 5.02 Å². The number of anilines is 1. The van der Waals surface area contributed by atoms with Gasteiger partial charge in [-0.25, -0.2) is 0 Å². The van der Waals surface area contributed by atoms with Gasteiger partial charge in [0.1, 0.15) is 5.75 Å². The third kappa shape index (κ3) is 4.36. The molecule has 1 aliphatic heterocycles. The second-order valence-corrected chi connectivity index (χ2v) is 7.57. The Balaban J connectivity index is 1.51. The van der Waals surface area contributed by atoms with Crippen molar-refractivity contribution in [2.45, 2.75) is 5.16 Å². The van der Waals surface area contributed by atoms with E-state index in [1.54, 1.807) is 11.8 Å². The summed E-state index contributed by atoms with van der Waals surface area (Å²) in [5.41, 5.74) is 0. The number of morpholine rings is 1. The average Bonchev–Trinajstić information content (AvgIpc) is 2.95. The molecular weight excluding hydrogens is 416 g/mol. The number of aromatic nitrogens is 3. The molecule has 0 saturated carbocycles. The number of nitrogens with zero attached hydrogens (tertiary/aromatic N) is 4. The number of halogens is 2. The van der Waals surface area contributed by atoms with E-state index in [-0.39, 0.29) is 0 Å². The minimum Gasteiger partial charge on any atom is -0.492 e. The van der Waals surface area contributed by atoms with E-state index in [9.17, 15) is 0 Å². The molecule has 1 saturated heterocycles. The second-order valence-electron chi connectivity index (χ2n) is 5.21. The number of benzene rings is 1. The van der Waals surface area contributed by atoms with Crippen molar-refractivity contribution < 1.29 is 9.47 Å². The lowest BCUT2D eigenvalue weighted by molar-refractivity contribution is 0.121. The predicted molar refractivity (Wildman–Crippen MR) is 99.4 cm³/mol. The zero-order valence-electron chi connectivity index (χ0n) is 13.2. The molecule has 0 atom stereocenters. The molecule has 0 bridgehead atoms. The predicted octanol–water partition coefficient (Wildman–Crippen LogP) is 3.24. The van der Waals surface area contributed by atoms with Gasteiger partial charge >= 0.3 is 0 Å². The number of ether oxygens (including phenoxy) is 2. The standard InChI is InChI=1S/C15H18BrClN4O2S/c1-20-14(21-4-6-22-7-5-21)18-19-15(20)24-9-8-23-13-3-2-11(17)10-12(13)16/h2-3,10H,4-9H2,1H3. The van der Waals surface area contributed by atoms with Crippen molar-refractivity contribution in [3.63, 3.8) is 0 Å². The first-order valence-electron chi connectivity index (χ1n) is 7.58. The first-order chi connectivity index (χ1) is 11.6. The van der Waals surface area contributed by atoms with Gasteiger partial charge in [-0.05, 0) is 34.1 Å². The van der Waals surface area contributed by atoms with Crippen LogP contribution in [0.1, 0.15) is 0 Å². The van der Waals surface area contributed by atoms with E-state index in [2.05, 4.69) is 31.0 Å². The molecule has 1 aromatic heterocycles. The van der Waals surface area contributed by atoms with Crippen LogP contribution >= 0.6 is 39.3 Å². The fourth-order valence-corrected chi connectivity index (χ4v) is 3.87. The van der Waals surface area contributed by atoms with Crippen LogP contribution in [0.4, 0.5) is 5.95 Å². The largest absolute Gasteiger partial charge is 0.492 e. The summed E-state index contributed by atoms with van der Waals surface area (Å²) < 4.78 is 14.0. The average molecular weight is 434 g/mol. The molecule has 0 spiro atoms. The Labute approximate surface area is 158 Å². The highest BCUT2D eigenvalue weighted by Gasteiger charge is 2.18. The van der Waals surface area contributed by atoms with E-state index in [1.165, 1.54) is 0 Å². The Kier molecular flexibility index (Phi) is 6.26. The number of hydrogen-bond acceptors (Lipinski definition) is 6. The molecule has 2 heterocycles. The van der Waals surface area contributed by atoms with Crippen molar-refractivity contribution in [2.75, 3.05) is 43.6 Å². The fraction of sp³-hybridized carbons (Fsp3) is 0.467. The number of rotatable bonds is 6. The number of hydrogen-bond donors (Lipinski definition) is 0.